The van der Waals surface area contributed by atoms with Gasteiger partial charge in [-0.1, -0.05) is 0 Å². The van der Waals surface area contributed by atoms with Crippen LogP contribution in [0.3, 0.4) is 0 Å². The zero-order chi connectivity index (χ0) is 23.0. The van der Waals surface area contributed by atoms with Crippen LogP contribution in [-0.2, 0) is 9.73 Å². The molecule has 5 rings (SSSR count). The molecule has 1 saturated heterocycles. The van der Waals surface area contributed by atoms with Crippen molar-refractivity contribution < 1.29 is 4.21 Å². The van der Waals surface area contributed by atoms with E-state index in [0.29, 0.717) is 5.56 Å². The molecule has 0 saturated carbocycles. The summed E-state index contributed by atoms with van der Waals surface area (Å²) in [5.41, 5.74) is 4.95. The fraction of sp³-hybridized carbons (Fsp3) is 0.304. The molecule has 5 heterocycles. The van der Waals surface area contributed by atoms with Gasteiger partial charge in [0.25, 0.3) is 0 Å². The van der Waals surface area contributed by atoms with E-state index < -0.39 is 9.73 Å². The maximum atomic E-state index is 12.0. The summed E-state index contributed by atoms with van der Waals surface area (Å²) in [5.74, 6) is 0.905. The van der Waals surface area contributed by atoms with E-state index in [4.69, 9.17) is 4.98 Å². The first-order valence-corrected chi connectivity index (χ1v) is 13.0. The van der Waals surface area contributed by atoms with Crippen LogP contribution in [0.1, 0.15) is 18.4 Å². The molecule has 1 aliphatic rings. The predicted octanol–water partition coefficient (Wildman–Crippen LogP) is 3.35. The molecule has 1 aliphatic heterocycles. The summed E-state index contributed by atoms with van der Waals surface area (Å²) in [6.07, 6.45) is 14.0. The second-order valence-electron chi connectivity index (χ2n) is 8.50. The minimum Gasteiger partial charge on any atom is -0.356 e. The standard InChI is InChI=1S/C23H24N8OS/c1-33(2,32)29-20-5-7-30(8-6-20)22-4-3-16(11-25-22)21-9-17(19-12-26-27-13-19)15-31-23(21)18(10-24)14-28-31/h3-4,9,11-15,20H,5-8H2,1-2H3,(H,26,27). The van der Waals surface area contributed by atoms with Gasteiger partial charge in [0.05, 0.1) is 29.5 Å². The number of nitriles is 1. The van der Waals surface area contributed by atoms with Gasteiger partial charge in [0, 0.05) is 76.2 Å². The van der Waals surface area contributed by atoms with Gasteiger partial charge in [0.2, 0.25) is 0 Å². The van der Waals surface area contributed by atoms with Gasteiger partial charge in [-0.15, -0.1) is 0 Å². The summed E-state index contributed by atoms with van der Waals surface area (Å²) in [5, 5.41) is 20.8. The Labute approximate surface area is 192 Å². The van der Waals surface area contributed by atoms with Crippen molar-refractivity contribution in [1.29, 1.82) is 5.26 Å². The zero-order valence-electron chi connectivity index (χ0n) is 18.5. The number of anilines is 1. The molecule has 0 amide bonds. The number of hydrogen-bond acceptors (Lipinski definition) is 7. The lowest BCUT2D eigenvalue weighted by molar-refractivity contribution is 0.502. The summed E-state index contributed by atoms with van der Waals surface area (Å²) >= 11 is 0. The van der Waals surface area contributed by atoms with Crippen LogP contribution >= 0.6 is 0 Å². The van der Waals surface area contributed by atoms with Gasteiger partial charge in [0.1, 0.15) is 11.9 Å². The highest BCUT2D eigenvalue weighted by molar-refractivity contribution is 7.92. The maximum absolute atomic E-state index is 12.0. The average Bonchev–Trinajstić information content (AvgIpc) is 3.48. The second kappa shape index (κ2) is 8.33. The lowest BCUT2D eigenvalue weighted by atomic mass is 10.0. The Bertz CT molecular complexity index is 1440. The number of hydrogen-bond donors (Lipinski definition) is 1. The van der Waals surface area contributed by atoms with Gasteiger partial charge in [-0.25, -0.2) is 13.9 Å². The van der Waals surface area contributed by atoms with E-state index in [9.17, 15) is 9.47 Å². The number of H-pyrrole nitrogens is 1. The predicted molar refractivity (Wildman–Crippen MR) is 128 cm³/mol. The van der Waals surface area contributed by atoms with E-state index in [0.717, 1.165) is 59.5 Å². The van der Waals surface area contributed by atoms with E-state index in [-0.39, 0.29) is 6.04 Å². The van der Waals surface area contributed by atoms with E-state index in [1.165, 1.54) is 0 Å². The number of nitrogens with one attached hydrogen (secondary N) is 1. The molecule has 168 valence electrons. The SMILES string of the molecule is CS(C)(=O)=NC1CCN(c2ccc(-c3cc(-c4cn[nH]c4)cn4ncc(C#N)c34)cn2)CC1. The molecule has 0 bridgehead atoms. The highest BCUT2D eigenvalue weighted by Gasteiger charge is 2.21. The molecule has 0 spiro atoms. The van der Waals surface area contributed by atoms with Crippen molar-refractivity contribution >= 4 is 21.1 Å². The van der Waals surface area contributed by atoms with Crippen LogP contribution in [0.15, 0.2) is 53.5 Å². The molecule has 0 aliphatic carbocycles. The van der Waals surface area contributed by atoms with Gasteiger partial charge in [0.15, 0.2) is 0 Å². The van der Waals surface area contributed by atoms with Crippen molar-refractivity contribution in [3.05, 3.63) is 54.7 Å². The Morgan fingerprint density at radius 3 is 2.61 bits per heavy atom. The second-order valence-corrected chi connectivity index (χ2v) is 11.1. The van der Waals surface area contributed by atoms with Crippen molar-refractivity contribution in [3.63, 3.8) is 0 Å². The van der Waals surface area contributed by atoms with Crippen molar-refractivity contribution in [1.82, 2.24) is 24.8 Å². The van der Waals surface area contributed by atoms with Crippen LogP contribution in [0.25, 0.3) is 27.8 Å². The Kier molecular flexibility index (Phi) is 5.34. The summed E-state index contributed by atoms with van der Waals surface area (Å²) in [6, 6.07) is 8.47. The Balaban J connectivity index is 1.46. The number of nitrogens with zero attached hydrogens (tertiary/aromatic N) is 7. The third kappa shape index (κ3) is 4.32. The molecule has 0 aromatic carbocycles. The maximum Gasteiger partial charge on any atom is 0.128 e. The molecule has 9 nitrogen and oxygen atoms in total. The number of aromatic amines is 1. The zero-order valence-corrected chi connectivity index (χ0v) is 19.3. The van der Waals surface area contributed by atoms with Gasteiger partial charge >= 0.3 is 0 Å². The summed E-state index contributed by atoms with van der Waals surface area (Å²) < 4.78 is 18.2. The summed E-state index contributed by atoms with van der Waals surface area (Å²) in [6.45, 7) is 1.66. The Morgan fingerprint density at radius 2 is 1.97 bits per heavy atom. The lowest BCUT2D eigenvalue weighted by Crippen LogP contribution is -2.36. The lowest BCUT2D eigenvalue weighted by Gasteiger charge is -2.31. The third-order valence-electron chi connectivity index (χ3n) is 5.81. The molecule has 4 aromatic heterocycles. The van der Waals surface area contributed by atoms with Crippen LogP contribution in [0, 0.1) is 11.3 Å². The minimum absolute atomic E-state index is 0.147. The van der Waals surface area contributed by atoms with Gasteiger partial charge in [-0.2, -0.15) is 15.5 Å². The molecule has 4 aromatic rings. The molecule has 0 unspecified atom stereocenters. The first-order valence-electron chi connectivity index (χ1n) is 10.7. The molecule has 1 fully saturated rings. The monoisotopic (exact) mass is 460 g/mol. The molecule has 33 heavy (non-hydrogen) atoms. The largest absolute Gasteiger partial charge is 0.356 e. The first-order chi connectivity index (χ1) is 15.9. The molecule has 0 radical (unpaired) electrons. The molecule has 10 heteroatoms. The van der Waals surface area contributed by atoms with Gasteiger partial charge in [-0.3, -0.25) is 9.31 Å². The van der Waals surface area contributed by atoms with Gasteiger partial charge < -0.3 is 4.90 Å². The fourth-order valence-corrected chi connectivity index (χ4v) is 5.21. The minimum atomic E-state index is -2.08. The topological polar surface area (TPSA) is 115 Å². The van der Waals surface area contributed by atoms with E-state index >= 15 is 0 Å². The molecule has 1 N–H and O–H groups in total. The Hall–Kier alpha value is -3.71. The van der Waals surface area contributed by atoms with E-state index in [2.05, 4.69) is 30.6 Å². The molecular weight excluding hydrogens is 436 g/mol. The van der Waals surface area contributed by atoms with Crippen molar-refractivity contribution in [3.8, 4) is 28.3 Å². The van der Waals surface area contributed by atoms with Crippen LogP contribution < -0.4 is 4.90 Å². The number of aromatic nitrogens is 5. The number of fused-ring (bicyclic) bond motifs is 1. The van der Waals surface area contributed by atoms with Crippen molar-refractivity contribution in [2.45, 2.75) is 18.9 Å². The van der Waals surface area contributed by atoms with Crippen LogP contribution in [0.5, 0.6) is 0 Å². The first kappa shape index (κ1) is 21.2. The van der Waals surface area contributed by atoms with Crippen LogP contribution in [-0.4, -0.2) is 60.6 Å². The number of piperidine rings is 1. The Morgan fingerprint density at radius 1 is 1.15 bits per heavy atom. The molecule has 0 atom stereocenters. The molecular formula is C23H24N8OS. The average molecular weight is 461 g/mol. The van der Waals surface area contributed by atoms with E-state index in [1.54, 1.807) is 29.4 Å². The van der Waals surface area contributed by atoms with Gasteiger partial charge in [-0.05, 0) is 31.0 Å². The van der Waals surface area contributed by atoms with Crippen molar-refractivity contribution in [2.24, 2.45) is 4.36 Å². The highest BCUT2D eigenvalue weighted by Crippen LogP contribution is 2.32. The van der Waals surface area contributed by atoms with Crippen LogP contribution in [0.4, 0.5) is 5.82 Å². The fourth-order valence-electron chi connectivity index (χ4n) is 4.28. The summed E-state index contributed by atoms with van der Waals surface area (Å²) in [4.78, 5) is 6.96. The van der Waals surface area contributed by atoms with Crippen molar-refractivity contribution in [2.75, 3.05) is 30.5 Å². The third-order valence-corrected chi connectivity index (χ3v) is 6.62. The quantitative estimate of drug-likeness (QED) is 0.499. The summed E-state index contributed by atoms with van der Waals surface area (Å²) in [7, 11) is -2.08. The number of pyridine rings is 2. The normalized spacial score (nSPS) is 15.0. The highest BCUT2D eigenvalue weighted by atomic mass is 32.2. The van der Waals surface area contributed by atoms with E-state index in [1.807, 2.05) is 36.8 Å². The smallest absolute Gasteiger partial charge is 0.128 e. The van der Waals surface area contributed by atoms with Crippen LogP contribution in [0.2, 0.25) is 0 Å². The number of rotatable bonds is 4.